The van der Waals surface area contributed by atoms with Crippen molar-refractivity contribution >= 4 is 45.2 Å². The maximum atomic E-state index is 12.9. The third-order valence-electron chi connectivity index (χ3n) is 5.69. The van der Waals surface area contributed by atoms with Crippen LogP contribution in [0.1, 0.15) is 36.2 Å². The smallest absolute Gasteiger partial charge is 0.270 e. The lowest BCUT2D eigenvalue weighted by Gasteiger charge is -2.18. The first kappa shape index (κ1) is 24.2. The van der Waals surface area contributed by atoms with Crippen LogP contribution in [0.15, 0.2) is 65.0 Å². The zero-order valence-corrected chi connectivity index (χ0v) is 20.2. The molecule has 1 aliphatic carbocycles. The summed E-state index contributed by atoms with van der Waals surface area (Å²) in [5, 5.41) is 10.1. The van der Waals surface area contributed by atoms with Gasteiger partial charge in [0.1, 0.15) is 10.8 Å². The zero-order valence-electron chi connectivity index (χ0n) is 19.4. The number of carbonyl (C=O) groups is 2. The van der Waals surface area contributed by atoms with Gasteiger partial charge in [-0.3, -0.25) is 14.6 Å². The van der Waals surface area contributed by atoms with Gasteiger partial charge in [0.15, 0.2) is 10.8 Å². The lowest BCUT2D eigenvalue weighted by molar-refractivity contribution is -0.113. The Morgan fingerprint density at radius 1 is 1.20 bits per heavy atom. The van der Waals surface area contributed by atoms with Crippen LogP contribution in [0.3, 0.4) is 0 Å². The van der Waals surface area contributed by atoms with Crippen LogP contribution in [-0.2, 0) is 4.79 Å². The van der Waals surface area contributed by atoms with Gasteiger partial charge in [-0.1, -0.05) is 23.5 Å². The van der Waals surface area contributed by atoms with Gasteiger partial charge in [-0.25, -0.2) is 4.98 Å². The second-order valence-corrected chi connectivity index (χ2v) is 9.14. The van der Waals surface area contributed by atoms with Gasteiger partial charge in [0.2, 0.25) is 0 Å². The average molecular weight is 493 g/mol. The van der Waals surface area contributed by atoms with Crippen molar-refractivity contribution in [1.29, 1.82) is 0 Å². The van der Waals surface area contributed by atoms with Crippen molar-refractivity contribution in [2.45, 2.75) is 25.7 Å². The summed E-state index contributed by atoms with van der Waals surface area (Å²) in [4.78, 5) is 33.1. The quantitative estimate of drug-likeness (QED) is 0.395. The Labute approximate surface area is 207 Å². The molecule has 9 nitrogen and oxygen atoms in total. The summed E-state index contributed by atoms with van der Waals surface area (Å²) in [6.07, 6.45) is 13.0. The van der Waals surface area contributed by atoms with Crippen molar-refractivity contribution in [3.63, 3.8) is 0 Å². The Morgan fingerprint density at radius 3 is 2.69 bits per heavy atom. The second-order valence-electron chi connectivity index (χ2n) is 8.14. The molecule has 1 aliphatic heterocycles. The minimum Gasteiger partial charge on any atom is -0.497 e. The number of ether oxygens (including phenoxy) is 1. The number of aliphatic imine (C=N–C) groups is 1. The van der Waals surface area contributed by atoms with Crippen LogP contribution in [0, 0.1) is 5.92 Å². The number of thiazole rings is 1. The summed E-state index contributed by atoms with van der Waals surface area (Å²) in [5.74, 6) is 0.269. The standard InChI is InChI=1S/C25H28N6O3S/c1-34-20-8-6-19(7-9-20)29-25-30-21(22(26)32)24(35-25)31-23(33)17-2-4-18(5-3-17)28-15-12-16-10-13-27-14-11-16/h2,4,6-10,13-14,16,28H,3,5,11-12,15H2,1H3,(H2,26,32)(H,29,30)(H,31,33). The highest BCUT2D eigenvalue weighted by Crippen LogP contribution is 2.32. The van der Waals surface area contributed by atoms with Crippen molar-refractivity contribution in [2.24, 2.45) is 16.6 Å². The van der Waals surface area contributed by atoms with Crippen molar-refractivity contribution in [3.05, 3.63) is 65.7 Å². The van der Waals surface area contributed by atoms with Crippen molar-refractivity contribution < 1.29 is 14.3 Å². The Hall–Kier alpha value is -3.92. The predicted octanol–water partition coefficient (Wildman–Crippen LogP) is 4.12. The maximum absolute atomic E-state index is 12.9. The SMILES string of the molecule is COc1ccc(Nc2nc(C(N)=O)c(NC(=O)C3=CC=C(NCCC4C=CN=CC4)CC3)s2)cc1. The fraction of sp³-hybridized carbons (Fsp3) is 0.280. The number of aromatic nitrogens is 1. The maximum Gasteiger partial charge on any atom is 0.270 e. The number of allylic oxidation sites excluding steroid dienone is 4. The largest absolute Gasteiger partial charge is 0.497 e. The monoisotopic (exact) mass is 492 g/mol. The van der Waals surface area contributed by atoms with E-state index in [-0.39, 0.29) is 11.6 Å². The molecule has 4 rings (SSSR count). The van der Waals surface area contributed by atoms with E-state index in [2.05, 4.69) is 32.0 Å². The number of nitrogens with two attached hydrogens (primary N) is 1. The molecule has 0 radical (unpaired) electrons. The van der Waals surface area contributed by atoms with E-state index in [0.29, 0.717) is 28.0 Å². The van der Waals surface area contributed by atoms with Crippen molar-refractivity contribution in [1.82, 2.24) is 10.3 Å². The normalized spacial score (nSPS) is 16.8. The molecule has 2 aromatic rings. The first-order chi connectivity index (χ1) is 17.0. The Kier molecular flexibility index (Phi) is 7.94. The van der Waals surface area contributed by atoms with Gasteiger partial charge < -0.3 is 26.4 Å². The van der Waals surface area contributed by atoms with E-state index in [4.69, 9.17) is 10.5 Å². The van der Waals surface area contributed by atoms with E-state index >= 15 is 0 Å². The number of methoxy groups -OCH3 is 1. The molecule has 0 saturated carbocycles. The van der Waals surface area contributed by atoms with E-state index < -0.39 is 5.91 Å². The first-order valence-corrected chi connectivity index (χ1v) is 12.2. The minimum atomic E-state index is -0.706. The molecule has 2 heterocycles. The van der Waals surface area contributed by atoms with Gasteiger partial charge in [0.25, 0.3) is 11.8 Å². The van der Waals surface area contributed by atoms with Gasteiger partial charge in [0, 0.05) is 35.9 Å². The lowest BCUT2D eigenvalue weighted by atomic mass is 9.99. The molecule has 1 aromatic carbocycles. The molecule has 0 saturated heterocycles. The summed E-state index contributed by atoms with van der Waals surface area (Å²) in [7, 11) is 1.60. The molecule has 1 aromatic heterocycles. The molecule has 0 spiro atoms. The third-order valence-corrected chi connectivity index (χ3v) is 6.58. The lowest BCUT2D eigenvalue weighted by Crippen LogP contribution is -2.22. The number of nitrogens with one attached hydrogen (secondary N) is 3. The van der Waals surface area contributed by atoms with E-state index in [1.54, 1.807) is 7.11 Å². The minimum absolute atomic E-state index is 0.0236. The number of hydrogen-bond acceptors (Lipinski definition) is 8. The highest BCUT2D eigenvalue weighted by molar-refractivity contribution is 7.20. The molecule has 2 amide bonds. The summed E-state index contributed by atoms with van der Waals surface area (Å²) in [5.41, 5.74) is 8.03. The van der Waals surface area contributed by atoms with Gasteiger partial charge in [-0.05, 0) is 61.9 Å². The van der Waals surface area contributed by atoms with Gasteiger partial charge in [0.05, 0.1) is 7.11 Å². The third kappa shape index (κ3) is 6.57. The Bertz CT molecular complexity index is 1200. The number of carbonyl (C=O) groups excluding carboxylic acids is 2. The molecule has 10 heteroatoms. The predicted molar refractivity (Wildman–Crippen MR) is 139 cm³/mol. The molecular weight excluding hydrogens is 464 g/mol. The number of hydrogen-bond donors (Lipinski definition) is 4. The van der Waals surface area contributed by atoms with Crippen LogP contribution in [0.25, 0.3) is 0 Å². The average Bonchev–Trinajstić information content (AvgIpc) is 3.28. The number of anilines is 3. The van der Waals surface area contributed by atoms with E-state index in [1.807, 2.05) is 48.8 Å². The fourth-order valence-corrected chi connectivity index (χ4v) is 4.61. The summed E-state index contributed by atoms with van der Waals surface area (Å²) in [6, 6.07) is 7.27. The topological polar surface area (TPSA) is 131 Å². The molecule has 0 fully saturated rings. The number of amides is 2. The van der Waals surface area contributed by atoms with Gasteiger partial charge in [-0.2, -0.15) is 0 Å². The van der Waals surface area contributed by atoms with Crippen LogP contribution >= 0.6 is 11.3 Å². The summed E-state index contributed by atoms with van der Waals surface area (Å²) >= 11 is 1.15. The number of primary amides is 1. The van der Waals surface area contributed by atoms with Crippen LogP contribution < -0.4 is 26.4 Å². The molecular formula is C25H28N6O3S. The second kappa shape index (κ2) is 11.5. The van der Waals surface area contributed by atoms with E-state index in [9.17, 15) is 9.59 Å². The highest BCUT2D eigenvalue weighted by Gasteiger charge is 2.21. The van der Waals surface area contributed by atoms with E-state index in [0.717, 1.165) is 54.3 Å². The molecule has 1 unspecified atom stereocenters. The van der Waals surface area contributed by atoms with Gasteiger partial charge >= 0.3 is 0 Å². The molecule has 0 bridgehead atoms. The Morgan fingerprint density at radius 2 is 2.03 bits per heavy atom. The van der Waals surface area contributed by atoms with E-state index in [1.165, 1.54) is 0 Å². The van der Waals surface area contributed by atoms with Crippen LogP contribution in [0.2, 0.25) is 0 Å². The van der Waals surface area contributed by atoms with Crippen LogP contribution in [0.4, 0.5) is 15.8 Å². The molecule has 2 aliphatic rings. The number of benzene rings is 1. The van der Waals surface area contributed by atoms with Crippen LogP contribution in [-0.4, -0.2) is 36.7 Å². The number of nitrogens with zero attached hydrogens (tertiary/aromatic N) is 2. The molecule has 1 atom stereocenters. The highest BCUT2D eigenvalue weighted by atomic mass is 32.1. The summed E-state index contributed by atoms with van der Waals surface area (Å²) in [6.45, 7) is 0.872. The van der Waals surface area contributed by atoms with Crippen molar-refractivity contribution in [3.8, 4) is 5.75 Å². The van der Waals surface area contributed by atoms with Crippen molar-refractivity contribution in [2.75, 3.05) is 24.3 Å². The first-order valence-electron chi connectivity index (χ1n) is 11.4. The zero-order chi connectivity index (χ0) is 24.6. The van der Waals surface area contributed by atoms with Crippen LogP contribution in [0.5, 0.6) is 5.75 Å². The van der Waals surface area contributed by atoms with Gasteiger partial charge in [-0.15, -0.1) is 0 Å². The molecule has 182 valence electrons. The Balaban J connectivity index is 1.35. The molecule has 35 heavy (non-hydrogen) atoms. The number of rotatable bonds is 10. The molecule has 5 N–H and O–H groups in total. The summed E-state index contributed by atoms with van der Waals surface area (Å²) < 4.78 is 5.16. The fourth-order valence-electron chi connectivity index (χ4n) is 3.72.